The average molecular weight is 240 g/mol. The molecule has 0 spiro atoms. The Kier molecular flexibility index (Phi) is 3.23. The lowest BCUT2D eigenvalue weighted by molar-refractivity contribution is -0.153. The highest BCUT2D eigenvalue weighted by molar-refractivity contribution is 5.68. The third-order valence-corrected chi connectivity index (χ3v) is 5.36. The van der Waals surface area contributed by atoms with Crippen molar-refractivity contribution < 1.29 is 14.6 Å². The van der Waals surface area contributed by atoms with Crippen molar-refractivity contribution in [2.24, 2.45) is 29.6 Å². The molecule has 3 heteroatoms. The zero-order chi connectivity index (χ0) is 12.8. The molecule has 0 aliphatic heterocycles. The number of carboxylic acid groups (broad SMARTS) is 1. The topological polar surface area (TPSA) is 46.5 Å². The van der Waals surface area contributed by atoms with Gasteiger partial charge in [-0.25, -0.2) is 4.79 Å². The van der Waals surface area contributed by atoms with Gasteiger partial charge in [0.25, 0.3) is 0 Å². The summed E-state index contributed by atoms with van der Waals surface area (Å²) in [6.45, 7) is 8.63. The van der Waals surface area contributed by atoms with Crippen molar-refractivity contribution in [3.63, 3.8) is 0 Å². The fraction of sp³-hybridized carbons (Fsp3) is 0.929. The molecule has 0 aromatic carbocycles. The van der Waals surface area contributed by atoms with E-state index in [0.717, 1.165) is 23.7 Å². The molecule has 0 radical (unpaired) electrons. The fourth-order valence-electron chi connectivity index (χ4n) is 4.09. The summed E-state index contributed by atoms with van der Waals surface area (Å²) in [5, 5.41) is 8.72. The van der Waals surface area contributed by atoms with Crippen LogP contribution in [0.1, 0.15) is 40.5 Å². The molecule has 2 aliphatic rings. The molecule has 0 saturated heterocycles. The molecule has 98 valence electrons. The number of hydrogen-bond acceptors (Lipinski definition) is 2. The van der Waals surface area contributed by atoms with E-state index >= 15 is 0 Å². The predicted molar refractivity (Wildman–Crippen MR) is 65.7 cm³/mol. The third-order valence-electron chi connectivity index (χ3n) is 5.36. The van der Waals surface area contributed by atoms with Crippen LogP contribution in [0.4, 0.5) is 0 Å². The largest absolute Gasteiger partial charge is 0.480 e. The molecular weight excluding hydrogens is 216 g/mol. The van der Waals surface area contributed by atoms with Crippen molar-refractivity contribution in [1.82, 2.24) is 0 Å². The lowest BCUT2D eigenvalue weighted by atomic mass is 9.70. The number of carbonyl (C=O) groups is 1. The first-order valence-corrected chi connectivity index (χ1v) is 6.68. The first-order chi connectivity index (χ1) is 7.83. The van der Waals surface area contributed by atoms with E-state index in [4.69, 9.17) is 9.84 Å². The third kappa shape index (κ3) is 2.22. The van der Waals surface area contributed by atoms with Crippen LogP contribution in [-0.4, -0.2) is 23.3 Å². The van der Waals surface area contributed by atoms with Gasteiger partial charge in [-0.1, -0.05) is 13.8 Å². The lowest BCUT2D eigenvalue weighted by Crippen LogP contribution is -2.42. The molecule has 0 amide bonds. The van der Waals surface area contributed by atoms with Gasteiger partial charge in [-0.2, -0.15) is 0 Å². The number of ether oxygens (including phenoxy) is 1. The second-order valence-corrected chi connectivity index (χ2v) is 6.51. The van der Waals surface area contributed by atoms with Gasteiger partial charge in [-0.15, -0.1) is 0 Å². The van der Waals surface area contributed by atoms with Crippen molar-refractivity contribution in [2.75, 3.05) is 6.61 Å². The van der Waals surface area contributed by atoms with Crippen LogP contribution < -0.4 is 0 Å². The first kappa shape index (κ1) is 12.9. The quantitative estimate of drug-likeness (QED) is 0.822. The van der Waals surface area contributed by atoms with Crippen molar-refractivity contribution in [3.05, 3.63) is 0 Å². The Labute approximate surface area is 104 Å². The molecule has 0 heterocycles. The van der Waals surface area contributed by atoms with Crippen molar-refractivity contribution in [1.29, 1.82) is 0 Å². The molecule has 2 bridgehead atoms. The van der Waals surface area contributed by atoms with Gasteiger partial charge in [-0.3, -0.25) is 0 Å². The summed E-state index contributed by atoms with van der Waals surface area (Å²) < 4.78 is 5.61. The Morgan fingerprint density at radius 2 is 1.94 bits per heavy atom. The smallest absolute Gasteiger partial charge is 0.329 e. The van der Waals surface area contributed by atoms with E-state index in [-0.39, 0.29) is 12.2 Å². The Morgan fingerprint density at radius 3 is 2.41 bits per heavy atom. The van der Waals surface area contributed by atoms with Crippen LogP contribution in [0.3, 0.4) is 0 Å². The maximum atomic E-state index is 10.6. The van der Waals surface area contributed by atoms with E-state index in [2.05, 4.69) is 27.7 Å². The van der Waals surface area contributed by atoms with Gasteiger partial charge < -0.3 is 9.84 Å². The number of aliphatic carboxylic acids is 1. The molecular formula is C14H24O3. The van der Waals surface area contributed by atoms with Gasteiger partial charge in [0.1, 0.15) is 6.61 Å². The van der Waals surface area contributed by atoms with E-state index in [1.807, 2.05) is 0 Å². The minimum Gasteiger partial charge on any atom is -0.480 e. The number of hydrogen-bond donors (Lipinski definition) is 1. The summed E-state index contributed by atoms with van der Waals surface area (Å²) in [5.41, 5.74) is -0.299. The van der Waals surface area contributed by atoms with Crippen molar-refractivity contribution in [3.8, 4) is 0 Å². The lowest BCUT2D eigenvalue weighted by Gasteiger charge is -2.41. The summed E-state index contributed by atoms with van der Waals surface area (Å²) in [6, 6.07) is 0. The second-order valence-electron chi connectivity index (χ2n) is 6.51. The standard InChI is InChI=1S/C14H24O3/c1-8-9(2)11-5-10(8)6-12(11)14(3,4)17-7-13(15)16/h8-12H,5-7H2,1-4H3,(H,15,16). The van der Waals surface area contributed by atoms with Crippen LogP contribution in [-0.2, 0) is 9.53 Å². The van der Waals surface area contributed by atoms with Gasteiger partial charge in [0.2, 0.25) is 0 Å². The first-order valence-electron chi connectivity index (χ1n) is 6.68. The zero-order valence-corrected chi connectivity index (χ0v) is 11.3. The summed E-state index contributed by atoms with van der Waals surface area (Å²) in [7, 11) is 0. The normalized spacial score (nSPS) is 40.8. The molecule has 2 aliphatic carbocycles. The van der Waals surface area contributed by atoms with E-state index in [1.165, 1.54) is 12.8 Å². The maximum Gasteiger partial charge on any atom is 0.329 e. The highest BCUT2D eigenvalue weighted by Gasteiger charge is 2.53. The number of rotatable bonds is 4. The van der Waals surface area contributed by atoms with Gasteiger partial charge in [0.05, 0.1) is 5.60 Å². The van der Waals surface area contributed by atoms with Crippen LogP contribution in [0.5, 0.6) is 0 Å². The van der Waals surface area contributed by atoms with Crippen LogP contribution in [0.25, 0.3) is 0 Å². The minimum absolute atomic E-state index is 0.176. The van der Waals surface area contributed by atoms with Gasteiger partial charge in [0, 0.05) is 0 Å². The molecule has 3 nitrogen and oxygen atoms in total. The summed E-state index contributed by atoms with van der Waals surface area (Å²) >= 11 is 0. The molecule has 5 unspecified atom stereocenters. The monoisotopic (exact) mass is 240 g/mol. The van der Waals surface area contributed by atoms with Crippen molar-refractivity contribution >= 4 is 5.97 Å². The highest BCUT2D eigenvalue weighted by Crippen LogP contribution is 2.58. The Morgan fingerprint density at radius 1 is 1.29 bits per heavy atom. The molecule has 2 saturated carbocycles. The predicted octanol–water partition coefficient (Wildman–Crippen LogP) is 2.79. The summed E-state index contributed by atoms with van der Waals surface area (Å²) in [6.07, 6.45) is 2.52. The molecule has 0 aromatic heterocycles. The molecule has 2 rings (SSSR count). The Bertz CT molecular complexity index is 309. The van der Waals surface area contributed by atoms with E-state index < -0.39 is 5.97 Å². The summed E-state index contributed by atoms with van der Waals surface area (Å²) in [4.78, 5) is 10.6. The zero-order valence-electron chi connectivity index (χ0n) is 11.3. The molecule has 2 fully saturated rings. The van der Waals surface area contributed by atoms with Gasteiger partial charge in [-0.05, 0) is 56.3 Å². The second kappa shape index (κ2) is 4.27. The average Bonchev–Trinajstić information content (AvgIpc) is 2.78. The molecule has 0 aromatic rings. The van der Waals surface area contributed by atoms with Crippen LogP contribution >= 0.6 is 0 Å². The van der Waals surface area contributed by atoms with Crippen LogP contribution in [0.2, 0.25) is 0 Å². The number of fused-ring (bicyclic) bond motifs is 2. The van der Waals surface area contributed by atoms with Crippen LogP contribution in [0, 0.1) is 29.6 Å². The van der Waals surface area contributed by atoms with Crippen molar-refractivity contribution in [2.45, 2.75) is 46.1 Å². The Hall–Kier alpha value is -0.570. The fourth-order valence-corrected chi connectivity index (χ4v) is 4.09. The summed E-state index contributed by atoms with van der Waals surface area (Å²) in [5.74, 6) is 2.78. The Balaban J connectivity index is 2.02. The van der Waals surface area contributed by atoms with Gasteiger partial charge >= 0.3 is 5.97 Å². The minimum atomic E-state index is -0.873. The maximum absolute atomic E-state index is 10.6. The van der Waals surface area contributed by atoms with E-state index in [1.54, 1.807) is 0 Å². The highest BCUT2D eigenvalue weighted by atomic mass is 16.5. The molecule has 5 atom stereocenters. The van der Waals surface area contributed by atoms with E-state index in [9.17, 15) is 4.79 Å². The van der Waals surface area contributed by atoms with Crippen LogP contribution in [0.15, 0.2) is 0 Å². The SMILES string of the molecule is CC1C2CC(C1C)C(C(C)(C)OCC(=O)O)C2. The van der Waals surface area contributed by atoms with E-state index in [0.29, 0.717) is 5.92 Å². The molecule has 1 N–H and O–H groups in total. The molecule has 17 heavy (non-hydrogen) atoms. The number of carboxylic acids is 1. The van der Waals surface area contributed by atoms with Gasteiger partial charge in [0.15, 0.2) is 0 Å².